The lowest BCUT2D eigenvalue weighted by Crippen LogP contribution is -2.48. The van der Waals surface area contributed by atoms with E-state index in [1.165, 1.54) is 23.5 Å². The van der Waals surface area contributed by atoms with Gasteiger partial charge in [0.15, 0.2) is 0 Å². The Hall–Kier alpha value is -2.41. The summed E-state index contributed by atoms with van der Waals surface area (Å²) in [5.41, 5.74) is 3.05. The Morgan fingerprint density at radius 2 is 1.81 bits per heavy atom. The fraction of sp³-hybridized carbons (Fsp3) is 0.292. The van der Waals surface area contributed by atoms with Crippen LogP contribution in [0.1, 0.15) is 26.4 Å². The molecule has 1 amide bonds. The predicted molar refractivity (Wildman–Crippen MR) is 122 cm³/mol. The van der Waals surface area contributed by atoms with Crippen molar-refractivity contribution in [3.05, 3.63) is 86.3 Å². The van der Waals surface area contributed by atoms with Gasteiger partial charge in [-0.1, -0.05) is 23.7 Å². The number of carbonyl (C=O) groups excluding carboxylic acids is 1. The molecule has 2 heterocycles. The molecule has 0 aliphatic carbocycles. The highest BCUT2D eigenvalue weighted by Gasteiger charge is 2.23. The lowest BCUT2D eigenvalue weighted by Gasteiger charge is -2.34. The van der Waals surface area contributed by atoms with Crippen molar-refractivity contribution in [3.63, 3.8) is 0 Å². The topological polar surface area (TPSA) is 32.8 Å². The Morgan fingerprint density at radius 3 is 2.52 bits per heavy atom. The summed E-state index contributed by atoms with van der Waals surface area (Å²) in [6.45, 7) is 6.13. The molecule has 4 rings (SSSR count). The van der Waals surface area contributed by atoms with Crippen LogP contribution in [0.15, 0.2) is 53.9 Å². The van der Waals surface area contributed by atoms with Crippen molar-refractivity contribution < 1.29 is 13.9 Å². The normalized spacial score (nSPS) is 14.6. The van der Waals surface area contributed by atoms with Crippen LogP contribution in [0.4, 0.5) is 4.39 Å². The van der Waals surface area contributed by atoms with E-state index in [4.69, 9.17) is 16.3 Å². The van der Waals surface area contributed by atoms with E-state index in [0.717, 1.165) is 47.0 Å². The van der Waals surface area contributed by atoms with E-state index in [1.807, 2.05) is 53.6 Å². The van der Waals surface area contributed by atoms with Crippen molar-refractivity contribution in [1.29, 1.82) is 0 Å². The molecule has 162 valence electrons. The van der Waals surface area contributed by atoms with E-state index < -0.39 is 0 Å². The number of thiophene rings is 1. The fourth-order valence-corrected chi connectivity index (χ4v) is 4.70. The molecule has 2 aromatic carbocycles. The number of rotatable bonds is 6. The number of halogens is 2. The zero-order valence-electron chi connectivity index (χ0n) is 17.3. The molecule has 0 spiro atoms. The van der Waals surface area contributed by atoms with E-state index in [1.54, 1.807) is 0 Å². The van der Waals surface area contributed by atoms with Gasteiger partial charge in [0.2, 0.25) is 0 Å². The number of ether oxygens (including phenoxy) is 1. The average Bonchev–Trinajstić information content (AvgIpc) is 3.24. The van der Waals surface area contributed by atoms with Gasteiger partial charge in [-0.3, -0.25) is 9.69 Å². The molecule has 7 heteroatoms. The Bertz CT molecular complexity index is 1050. The first-order valence-corrected chi connectivity index (χ1v) is 11.5. The van der Waals surface area contributed by atoms with Crippen molar-refractivity contribution in [2.75, 3.05) is 26.2 Å². The van der Waals surface area contributed by atoms with E-state index in [0.29, 0.717) is 24.7 Å². The van der Waals surface area contributed by atoms with Gasteiger partial charge in [-0.2, -0.15) is 0 Å². The largest absolute Gasteiger partial charge is 0.489 e. The summed E-state index contributed by atoms with van der Waals surface area (Å²) in [5, 5.41) is 2.66. The molecule has 3 aromatic rings. The second-order valence-corrected chi connectivity index (χ2v) is 9.06. The van der Waals surface area contributed by atoms with Gasteiger partial charge in [-0.25, -0.2) is 4.39 Å². The van der Waals surface area contributed by atoms with Crippen molar-refractivity contribution >= 4 is 28.8 Å². The van der Waals surface area contributed by atoms with Gasteiger partial charge in [-0.15, -0.1) is 11.3 Å². The van der Waals surface area contributed by atoms with Gasteiger partial charge >= 0.3 is 0 Å². The molecule has 4 nitrogen and oxygen atoms in total. The third-order valence-corrected chi connectivity index (χ3v) is 6.58. The summed E-state index contributed by atoms with van der Waals surface area (Å²) in [6.07, 6.45) is 0. The lowest BCUT2D eigenvalue weighted by atomic mass is 10.2. The van der Waals surface area contributed by atoms with E-state index in [-0.39, 0.29) is 11.7 Å². The van der Waals surface area contributed by atoms with Crippen molar-refractivity contribution in [2.24, 2.45) is 0 Å². The minimum atomic E-state index is -0.219. The van der Waals surface area contributed by atoms with Crippen LogP contribution in [0, 0.1) is 12.7 Å². The number of aryl methyl sites for hydroxylation is 1. The van der Waals surface area contributed by atoms with Gasteiger partial charge in [-0.05, 0) is 59.8 Å². The number of hydrogen-bond acceptors (Lipinski definition) is 4. The molecule has 0 bridgehead atoms. The monoisotopic (exact) mass is 458 g/mol. The lowest BCUT2D eigenvalue weighted by molar-refractivity contribution is 0.0633. The first kappa shape index (κ1) is 21.8. The maximum atomic E-state index is 13.1. The summed E-state index contributed by atoms with van der Waals surface area (Å²) < 4.78 is 19.0. The summed E-state index contributed by atoms with van der Waals surface area (Å²) in [5.74, 6) is 0.643. The van der Waals surface area contributed by atoms with Gasteiger partial charge in [0.25, 0.3) is 5.91 Å². The Morgan fingerprint density at radius 1 is 1.06 bits per heavy atom. The first-order valence-electron chi connectivity index (χ1n) is 10.2. The summed E-state index contributed by atoms with van der Waals surface area (Å²) in [7, 11) is 0. The molecule has 31 heavy (non-hydrogen) atoms. The fourth-order valence-electron chi connectivity index (χ4n) is 3.61. The number of benzene rings is 2. The van der Waals surface area contributed by atoms with Crippen LogP contribution in [0.25, 0.3) is 0 Å². The summed E-state index contributed by atoms with van der Waals surface area (Å²) >= 11 is 7.44. The van der Waals surface area contributed by atoms with E-state index in [2.05, 4.69) is 4.90 Å². The van der Waals surface area contributed by atoms with Gasteiger partial charge in [0.05, 0.1) is 4.88 Å². The number of amides is 1. The van der Waals surface area contributed by atoms with Crippen LogP contribution in [0.2, 0.25) is 5.02 Å². The molecule has 0 unspecified atom stereocenters. The molecular weight excluding hydrogens is 435 g/mol. The van der Waals surface area contributed by atoms with Gasteiger partial charge in [0, 0.05) is 43.3 Å². The molecule has 1 fully saturated rings. The zero-order chi connectivity index (χ0) is 21.8. The summed E-state index contributed by atoms with van der Waals surface area (Å²) in [4.78, 5) is 17.8. The Kier molecular flexibility index (Phi) is 6.90. The maximum absolute atomic E-state index is 13.1. The molecule has 0 saturated carbocycles. The van der Waals surface area contributed by atoms with Crippen LogP contribution in [0.3, 0.4) is 0 Å². The minimum Gasteiger partial charge on any atom is -0.489 e. The standard InChI is InChI=1S/C24H24ClFN2O2S/c1-17-12-20(25)4-7-22(17)30-15-19-13-23(31-16-19)24(29)28-10-8-27(9-11-28)14-18-2-5-21(26)6-3-18/h2-7,12-13,16H,8-11,14-15H2,1H3. The van der Waals surface area contributed by atoms with Crippen LogP contribution in [-0.4, -0.2) is 41.9 Å². The second-order valence-electron chi connectivity index (χ2n) is 7.71. The molecule has 1 aliphatic heterocycles. The zero-order valence-corrected chi connectivity index (χ0v) is 18.9. The summed E-state index contributed by atoms with van der Waals surface area (Å²) in [6, 6.07) is 14.1. The molecular formula is C24H24ClFN2O2S. The van der Waals surface area contributed by atoms with E-state index in [9.17, 15) is 9.18 Å². The number of hydrogen-bond donors (Lipinski definition) is 0. The molecule has 1 aliphatic rings. The first-order chi connectivity index (χ1) is 15.0. The van der Waals surface area contributed by atoms with Crippen LogP contribution < -0.4 is 4.74 Å². The number of carbonyl (C=O) groups is 1. The maximum Gasteiger partial charge on any atom is 0.264 e. The predicted octanol–water partition coefficient (Wildman–Crippen LogP) is 5.39. The Balaban J connectivity index is 1.28. The highest BCUT2D eigenvalue weighted by atomic mass is 35.5. The van der Waals surface area contributed by atoms with E-state index >= 15 is 0 Å². The number of piperazine rings is 1. The van der Waals surface area contributed by atoms with Crippen molar-refractivity contribution in [1.82, 2.24) is 9.80 Å². The third kappa shape index (κ3) is 5.64. The van der Waals surface area contributed by atoms with Crippen LogP contribution in [0.5, 0.6) is 5.75 Å². The second kappa shape index (κ2) is 9.81. The van der Waals surface area contributed by atoms with Gasteiger partial charge < -0.3 is 9.64 Å². The molecule has 1 aromatic heterocycles. The minimum absolute atomic E-state index is 0.0698. The molecule has 0 atom stereocenters. The molecule has 1 saturated heterocycles. The average molecular weight is 459 g/mol. The number of nitrogens with zero attached hydrogens (tertiary/aromatic N) is 2. The quantitative estimate of drug-likeness (QED) is 0.496. The highest BCUT2D eigenvalue weighted by Crippen LogP contribution is 2.24. The molecule has 0 radical (unpaired) electrons. The van der Waals surface area contributed by atoms with Crippen LogP contribution in [-0.2, 0) is 13.2 Å². The smallest absolute Gasteiger partial charge is 0.264 e. The molecule has 0 N–H and O–H groups in total. The Labute approximate surface area is 190 Å². The van der Waals surface area contributed by atoms with Crippen LogP contribution >= 0.6 is 22.9 Å². The van der Waals surface area contributed by atoms with Crippen molar-refractivity contribution in [3.8, 4) is 5.75 Å². The third-order valence-electron chi connectivity index (χ3n) is 5.37. The SMILES string of the molecule is Cc1cc(Cl)ccc1OCc1csc(C(=O)N2CCN(Cc3ccc(F)cc3)CC2)c1. The highest BCUT2D eigenvalue weighted by molar-refractivity contribution is 7.12. The van der Waals surface area contributed by atoms with Crippen molar-refractivity contribution in [2.45, 2.75) is 20.1 Å². The van der Waals surface area contributed by atoms with Gasteiger partial charge in [0.1, 0.15) is 18.2 Å².